The van der Waals surface area contributed by atoms with Crippen LogP contribution in [0.1, 0.15) is 25.7 Å². The van der Waals surface area contributed by atoms with Crippen molar-refractivity contribution < 1.29 is 18.1 Å². The fraction of sp³-hybridized carbons (Fsp3) is 0.611. The number of halogens is 1. The molecule has 1 aromatic rings. The predicted octanol–water partition coefficient (Wildman–Crippen LogP) is 0.632. The Kier molecular flexibility index (Phi) is 6.55. The first-order chi connectivity index (χ1) is 12.5. The van der Waals surface area contributed by atoms with E-state index < -0.39 is 10.0 Å². The molecule has 2 aliphatic heterocycles. The second-order valence-electron chi connectivity index (χ2n) is 7.06. The molecule has 2 saturated heterocycles. The van der Waals surface area contributed by atoms with E-state index in [1.165, 1.54) is 17.1 Å². The Morgan fingerprint density at radius 1 is 1.00 bits per heavy atom. The lowest BCUT2D eigenvalue weighted by Gasteiger charge is -2.32. The first-order valence-electron chi connectivity index (χ1n) is 9.34. The summed E-state index contributed by atoms with van der Waals surface area (Å²) >= 11 is 6.06. The predicted molar refractivity (Wildman–Crippen MR) is 101 cm³/mol. The van der Waals surface area contributed by atoms with E-state index in [0.29, 0.717) is 32.7 Å². The summed E-state index contributed by atoms with van der Waals surface area (Å²) in [6.45, 7) is 4.29. The largest absolute Gasteiger partial charge is 0.338 e. The van der Waals surface area contributed by atoms with Crippen LogP contribution in [0.4, 0.5) is 0 Å². The van der Waals surface area contributed by atoms with Crippen LogP contribution in [0.2, 0.25) is 5.02 Å². The Balaban J connectivity index is 1.55. The Morgan fingerprint density at radius 3 is 2.23 bits per heavy atom. The van der Waals surface area contributed by atoms with Crippen LogP contribution in [0.25, 0.3) is 0 Å². The van der Waals surface area contributed by atoms with Crippen LogP contribution >= 0.6 is 11.6 Å². The van der Waals surface area contributed by atoms with Crippen molar-refractivity contribution in [2.75, 3.05) is 45.8 Å². The molecule has 1 N–H and O–H groups in total. The van der Waals surface area contributed by atoms with Crippen molar-refractivity contribution in [3.63, 3.8) is 0 Å². The number of quaternary nitrogens is 1. The summed E-state index contributed by atoms with van der Waals surface area (Å²) in [5.41, 5.74) is 0. The number of likely N-dealkylation sites (tertiary alicyclic amines) is 1. The maximum atomic E-state index is 12.8. The van der Waals surface area contributed by atoms with Crippen molar-refractivity contribution >= 4 is 27.5 Å². The van der Waals surface area contributed by atoms with Crippen LogP contribution in [-0.2, 0) is 14.8 Å². The normalized spacial score (nSPS) is 20.7. The molecule has 3 rings (SSSR count). The number of nitrogens with zero attached hydrogens (tertiary/aromatic N) is 2. The minimum Gasteiger partial charge on any atom is -0.338 e. The molecular weight excluding hydrogens is 374 g/mol. The molecule has 0 bridgehead atoms. The molecular formula is C18H27ClN3O3S+. The standard InChI is InChI=1S/C18H26ClN3O3S/c19-16-7-3-4-8-17(16)26(24,25)22-13-11-20(12-14-22)15-18(23)21-9-5-1-2-6-10-21/h3-4,7-8H,1-2,5-6,9-15H2/p+1. The van der Waals surface area contributed by atoms with Gasteiger partial charge in [0.1, 0.15) is 4.90 Å². The zero-order valence-electron chi connectivity index (χ0n) is 15.0. The Morgan fingerprint density at radius 2 is 1.62 bits per heavy atom. The van der Waals surface area contributed by atoms with E-state index in [0.717, 1.165) is 30.8 Å². The molecule has 0 aliphatic carbocycles. The second kappa shape index (κ2) is 8.69. The lowest BCUT2D eigenvalue weighted by molar-refractivity contribution is -0.896. The van der Waals surface area contributed by atoms with Crippen molar-refractivity contribution in [2.45, 2.75) is 30.6 Å². The van der Waals surface area contributed by atoms with Gasteiger partial charge in [0.2, 0.25) is 10.0 Å². The van der Waals surface area contributed by atoms with Gasteiger partial charge in [-0.15, -0.1) is 0 Å². The molecule has 0 unspecified atom stereocenters. The SMILES string of the molecule is O=C(C[NH+]1CCN(S(=O)(=O)c2ccccc2Cl)CC1)N1CCCCCC1. The summed E-state index contributed by atoms with van der Waals surface area (Å²) < 4.78 is 27.0. The van der Waals surface area contributed by atoms with Gasteiger partial charge in [-0.2, -0.15) is 4.31 Å². The van der Waals surface area contributed by atoms with Crippen LogP contribution in [0.5, 0.6) is 0 Å². The molecule has 0 spiro atoms. The molecule has 0 saturated carbocycles. The van der Waals surface area contributed by atoms with Gasteiger partial charge in [0.05, 0.1) is 31.2 Å². The molecule has 2 heterocycles. The number of hydrogen-bond acceptors (Lipinski definition) is 3. The van der Waals surface area contributed by atoms with Gasteiger partial charge in [-0.05, 0) is 25.0 Å². The Hall–Kier alpha value is -1.15. The number of nitrogens with one attached hydrogen (secondary N) is 1. The van der Waals surface area contributed by atoms with Crippen molar-refractivity contribution in [1.29, 1.82) is 0 Å². The van der Waals surface area contributed by atoms with E-state index in [4.69, 9.17) is 11.6 Å². The highest BCUT2D eigenvalue weighted by molar-refractivity contribution is 7.89. The molecule has 6 nitrogen and oxygen atoms in total. The number of piperazine rings is 1. The van der Waals surface area contributed by atoms with Crippen molar-refractivity contribution in [2.24, 2.45) is 0 Å². The molecule has 2 aliphatic rings. The maximum Gasteiger partial charge on any atom is 0.277 e. The topological polar surface area (TPSA) is 62.1 Å². The third kappa shape index (κ3) is 4.57. The number of benzene rings is 1. The summed E-state index contributed by atoms with van der Waals surface area (Å²) in [6.07, 6.45) is 4.58. The van der Waals surface area contributed by atoms with Gasteiger partial charge in [0, 0.05) is 13.1 Å². The minimum atomic E-state index is -3.58. The van der Waals surface area contributed by atoms with Gasteiger partial charge in [0.25, 0.3) is 5.91 Å². The van der Waals surface area contributed by atoms with E-state index in [1.807, 2.05) is 4.90 Å². The van der Waals surface area contributed by atoms with Gasteiger partial charge in [0.15, 0.2) is 6.54 Å². The molecule has 144 valence electrons. The molecule has 1 aromatic carbocycles. The highest BCUT2D eigenvalue weighted by atomic mass is 35.5. The van der Waals surface area contributed by atoms with Crippen molar-refractivity contribution in [1.82, 2.24) is 9.21 Å². The molecule has 8 heteroatoms. The summed E-state index contributed by atoms with van der Waals surface area (Å²) in [6, 6.07) is 6.54. The van der Waals surface area contributed by atoms with Crippen LogP contribution in [-0.4, -0.2) is 69.3 Å². The summed E-state index contributed by atoms with van der Waals surface area (Å²) in [5.74, 6) is 0.198. The summed E-state index contributed by atoms with van der Waals surface area (Å²) in [7, 11) is -3.58. The average molecular weight is 401 g/mol. The van der Waals surface area contributed by atoms with E-state index in [2.05, 4.69) is 0 Å². The monoisotopic (exact) mass is 400 g/mol. The third-order valence-electron chi connectivity index (χ3n) is 5.24. The fourth-order valence-electron chi connectivity index (χ4n) is 3.66. The van der Waals surface area contributed by atoms with Crippen LogP contribution in [0.3, 0.4) is 0 Å². The molecule has 1 amide bonds. The summed E-state index contributed by atoms with van der Waals surface area (Å²) in [4.78, 5) is 15.8. The first kappa shape index (κ1) is 19.6. The Labute approximate surface area is 160 Å². The minimum absolute atomic E-state index is 0.158. The molecule has 26 heavy (non-hydrogen) atoms. The summed E-state index contributed by atoms with van der Waals surface area (Å²) in [5, 5.41) is 0.249. The van der Waals surface area contributed by atoms with Crippen LogP contribution < -0.4 is 4.90 Å². The zero-order chi connectivity index (χ0) is 18.6. The second-order valence-corrected chi connectivity index (χ2v) is 9.37. The number of carbonyl (C=O) groups excluding carboxylic acids is 1. The average Bonchev–Trinajstić information content (AvgIpc) is 2.92. The lowest BCUT2D eigenvalue weighted by atomic mass is 10.2. The first-order valence-corrected chi connectivity index (χ1v) is 11.2. The van der Waals surface area contributed by atoms with Crippen LogP contribution in [0, 0.1) is 0 Å². The van der Waals surface area contributed by atoms with E-state index in [9.17, 15) is 13.2 Å². The number of rotatable bonds is 4. The van der Waals surface area contributed by atoms with Gasteiger partial charge in [-0.1, -0.05) is 36.6 Å². The van der Waals surface area contributed by atoms with Crippen molar-refractivity contribution in [3.8, 4) is 0 Å². The van der Waals surface area contributed by atoms with E-state index >= 15 is 0 Å². The van der Waals surface area contributed by atoms with Crippen LogP contribution in [0.15, 0.2) is 29.2 Å². The Bertz CT molecular complexity index is 725. The quantitative estimate of drug-likeness (QED) is 0.806. The molecule has 0 atom stereocenters. The molecule has 2 fully saturated rings. The van der Waals surface area contributed by atoms with Crippen molar-refractivity contribution in [3.05, 3.63) is 29.3 Å². The molecule has 0 aromatic heterocycles. The smallest absolute Gasteiger partial charge is 0.277 e. The van der Waals surface area contributed by atoms with Gasteiger partial charge >= 0.3 is 0 Å². The highest BCUT2D eigenvalue weighted by Crippen LogP contribution is 2.24. The number of amides is 1. The highest BCUT2D eigenvalue weighted by Gasteiger charge is 2.32. The van der Waals surface area contributed by atoms with E-state index in [-0.39, 0.29) is 15.8 Å². The molecule has 0 radical (unpaired) electrons. The van der Waals surface area contributed by atoms with Gasteiger partial charge < -0.3 is 9.80 Å². The lowest BCUT2D eigenvalue weighted by Crippen LogP contribution is -3.15. The zero-order valence-corrected chi connectivity index (χ0v) is 16.6. The fourth-order valence-corrected chi connectivity index (χ4v) is 5.59. The third-order valence-corrected chi connectivity index (χ3v) is 7.64. The number of sulfonamides is 1. The van der Waals surface area contributed by atoms with Gasteiger partial charge in [-0.25, -0.2) is 8.42 Å². The maximum absolute atomic E-state index is 12.8. The van der Waals surface area contributed by atoms with E-state index in [1.54, 1.807) is 24.3 Å². The number of carbonyl (C=O) groups is 1. The van der Waals surface area contributed by atoms with Gasteiger partial charge in [-0.3, -0.25) is 4.79 Å². The number of hydrogen-bond donors (Lipinski definition) is 1.